The molecule has 27 aromatic rings. The molecular formula is C132H84N14. The molecule has 12 aromatic heterocycles. The third-order valence-corrected chi connectivity index (χ3v) is 26.8. The number of hydrogen-bond acceptors (Lipinski definition) is 14. The number of hydrogen-bond donors (Lipinski definition) is 0. The zero-order valence-corrected chi connectivity index (χ0v) is 78.8. The molecule has 14 heteroatoms. The molecule has 0 radical (unpaired) electrons. The lowest BCUT2D eigenvalue weighted by Crippen LogP contribution is -2.00. The second-order valence-corrected chi connectivity index (χ2v) is 35.7. The molecule has 27 rings (SSSR count). The molecular weight excluding hydrogens is 1780 g/mol. The van der Waals surface area contributed by atoms with Gasteiger partial charge in [0.1, 0.15) is 0 Å². The van der Waals surface area contributed by atoms with E-state index in [-0.39, 0.29) is 0 Å². The van der Waals surface area contributed by atoms with Gasteiger partial charge in [0, 0.05) is 130 Å². The van der Waals surface area contributed by atoms with E-state index in [1.165, 1.54) is 21.7 Å². The lowest BCUT2D eigenvalue weighted by Gasteiger charge is -2.14. The number of benzene rings is 15. The van der Waals surface area contributed by atoms with Gasteiger partial charge >= 0.3 is 0 Å². The SMILES string of the molecule is c1ccc(-c2cc(-c3ccc(-c4cccc(-c5cccc6c(-c7ccccn7)nc7ccccc7c56)c4)cc3)cc(-c3ccccn3)n2)nc1.c1ccc(-c2ccc3ccc4ccc(-c5cccc(-c6cccc7c(-c8ccccn8)nc8ccccc8c67)c5)nc4c3n2)cc1.c1ccc(-c2nc(-c3ccccc3)nc(-c3ccc(-c4ccc(-c5cccc6c(-c7cccnc7)nc7ccccc7c56)cc4)cc3)n2)cc1. The smallest absolute Gasteiger partial charge is 0.164 e. The van der Waals surface area contributed by atoms with Crippen LogP contribution in [0.2, 0.25) is 0 Å². The first-order valence-electron chi connectivity index (χ1n) is 48.6. The number of aromatic nitrogens is 14. The maximum Gasteiger partial charge on any atom is 0.164 e. The molecule has 0 unspecified atom stereocenters. The fourth-order valence-corrected chi connectivity index (χ4v) is 19.7. The van der Waals surface area contributed by atoms with Crippen LogP contribution < -0.4 is 0 Å². The highest BCUT2D eigenvalue weighted by molar-refractivity contribution is 6.20. The summed E-state index contributed by atoms with van der Waals surface area (Å²) in [4.78, 5) is 67.9. The van der Waals surface area contributed by atoms with E-state index in [4.69, 9.17) is 44.9 Å². The highest BCUT2D eigenvalue weighted by Gasteiger charge is 2.23. The molecule has 682 valence electrons. The Morgan fingerprint density at radius 2 is 0.466 bits per heavy atom. The Morgan fingerprint density at radius 1 is 0.144 bits per heavy atom. The number of pyridine rings is 11. The average Bonchev–Trinajstić information content (AvgIpc) is 0.750. The molecule has 12 heterocycles. The molecule has 14 nitrogen and oxygen atoms in total. The molecule has 0 bridgehead atoms. The van der Waals surface area contributed by atoms with Gasteiger partial charge in [-0.3, -0.25) is 24.9 Å². The Balaban J connectivity index is 0.000000114. The normalized spacial score (nSPS) is 11.3. The molecule has 0 N–H and O–H groups in total. The first-order chi connectivity index (χ1) is 72.4. The van der Waals surface area contributed by atoms with Crippen molar-refractivity contribution >= 4 is 86.8 Å². The van der Waals surface area contributed by atoms with E-state index in [0.29, 0.717) is 17.5 Å². The van der Waals surface area contributed by atoms with Crippen molar-refractivity contribution in [2.45, 2.75) is 0 Å². The largest absolute Gasteiger partial charge is 0.264 e. The van der Waals surface area contributed by atoms with Gasteiger partial charge in [0.05, 0.1) is 90.2 Å². The van der Waals surface area contributed by atoms with Crippen LogP contribution in [0.3, 0.4) is 0 Å². The summed E-state index contributed by atoms with van der Waals surface area (Å²) < 4.78 is 0. The number of nitrogens with zero attached hydrogens (tertiary/aromatic N) is 14. The molecule has 0 aliphatic rings. The Hall–Kier alpha value is -20.0. The van der Waals surface area contributed by atoms with Crippen LogP contribution in [0.15, 0.2) is 510 Å². The van der Waals surface area contributed by atoms with E-state index in [0.717, 1.165) is 228 Å². The number of para-hydroxylation sites is 3. The van der Waals surface area contributed by atoms with Crippen LogP contribution in [0.1, 0.15) is 0 Å². The summed E-state index contributed by atoms with van der Waals surface area (Å²) in [6.07, 6.45) is 10.9. The van der Waals surface area contributed by atoms with E-state index >= 15 is 0 Å². The van der Waals surface area contributed by atoms with E-state index in [9.17, 15) is 0 Å². The van der Waals surface area contributed by atoms with Gasteiger partial charge in [-0.15, -0.1) is 0 Å². The first-order valence-corrected chi connectivity index (χ1v) is 48.6. The number of fused-ring (bicyclic) bond motifs is 12. The van der Waals surface area contributed by atoms with Crippen LogP contribution in [0.25, 0.3) is 267 Å². The highest BCUT2D eigenvalue weighted by atomic mass is 15.0. The minimum absolute atomic E-state index is 0.642. The summed E-state index contributed by atoms with van der Waals surface area (Å²) in [5.74, 6) is 1.94. The van der Waals surface area contributed by atoms with Crippen LogP contribution in [0.4, 0.5) is 0 Å². The van der Waals surface area contributed by atoms with Crippen LogP contribution in [0, 0.1) is 0 Å². The fourth-order valence-electron chi connectivity index (χ4n) is 19.7. The summed E-state index contributed by atoms with van der Waals surface area (Å²) in [5, 5.41) is 12.3. The summed E-state index contributed by atoms with van der Waals surface area (Å²) in [6.45, 7) is 0. The van der Waals surface area contributed by atoms with Crippen molar-refractivity contribution in [2.24, 2.45) is 0 Å². The molecule has 0 amide bonds. The Kier molecular flexibility index (Phi) is 23.4. The van der Waals surface area contributed by atoms with Gasteiger partial charge in [0.2, 0.25) is 0 Å². The van der Waals surface area contributed by atoms with Gasteiger partial charge in [-0.05, 0) is 182 Å². The van der Waals surface area contributed by atoms with Gasteiger partial charge < -0.3 is 0 Å². The summed E-state index contributed by atoms with van der Waals surface area (Å²) in [5.41, 5.74) is 33.8. The van der Waals surface area contributed by atoms with Gasteiger partial charge in [-0.1, -0.05) is 358 Å². The molecule has 0 saturated heterocycles. The van der Waals surface area contributed by atoms with Crippen molar-refractivity contribution in [2.75, 3.05) is 0 Å². The van der Waals surface area contributed by atoms with Crippen molar-refractivity contribution in [3.05, 3.63) is 510 Å². The topological polar surface area (TPSA) is 180 Å². The second kappa shape index (κ2) is 39.0. The van der Waals surface area contributed by atoms with Gasteiger partial charge in [0.15, 0.2) is 17.5 Å². The lowest BCUT2D eigenvalue weighted by atomic mass is 9.92. The van der Waals surface area contributed by atoms with Gasteiger partial charge in [0.25, 0.3) is 0 Å². The lowest BCUT2D eigenvalue weighted by molar-refractivity contribution is 1.07. The van der Waals surface area contributed by atoms with Crippen molar-refractivity contribution < 1.29 is 0 Å². The molecule has 0 saturated carbocycles. The molecule has 15 aromatic carbocycles. The van der Waals surface area contributed by atoms with E-state index in [2.05, 4.69) is 322 Å². The summed E-state index contributed by atoms with van der Waals surface area (Å²) >= 11 is 0. The standard InChI is InChI=1S/2C45H29N5.C42H26N4/c1-3-11-33(12-4-1)43-48-44(34-13-5-2-6-14-34)50-45(49-43)35-26-22-31(23-27-35)30-20-24-32(25-21-30)37-17-9-18-39-41(37)38-16-7-8-19-40(38)47-42(39)36-15-10-28-46-29-36;1-2-16-38-36(13-1)44-35(14-10-15-37(44)45(50-38)41-19-5-8-26-48-41)33-12-9-11-32(27-33)30-20-22-31(23-21-30)34-28-42(39-17-3-6-24-46-39)49-43(29-34)40-18-4-7-25-47-40;1-2-10-27(11-3-1)35-23-21-28-19-20-29-22-24-36(45-41(29)40(28)44-35)31-13-8-12-30(26-31)32-15-9-16-34-39(32)33-14-4-5-17-37(33)46-42(34)38-18-6-7-25-43-38/h2*1-29H;1-26H. The highest BCUT2D eigenvalue weighted by Crippen LogP contribution is 2.46. The summed E-state index contributed by atoms with van der Waals surface area (Å²) in [7, 11) is 0. The molecule has 0 aliphatic carbocycles. The zero-order chi connectivity index (χ0) is 97.0. The molecule has 0 fully saturated rings. The van der Waals surface area contributed by atoms with Crippen LogP contribution in [-0.2, 0) is 0 Å². The molecule has 0 atom stereocenters. The van der Waals surface area contributed by atoms with E-state index in [1.54, 1.807) is 18.6 Å². The second-order valence-electron chi connectivity index (χ2n) is 35.7. The minimum Gasteiger partial charge on any atom is -0.264 e. The quantitative estimate of drug-likeness (QED) is 0.0834. The van der Waals surface area contributed by atoms with Crippen LogP contribution in [0.5, 0.6) is 0 Å². The molecule has 0 aliphatic heterocycles. The number of rotatable bonds is 16. The van der Waals surface area contributed by atoms with Gasteiger partial charge in [-0.25, -0.2) is 44.9 Å². The van der Waals surface area contributed by atoms with E-state index < -0.39 is 0 Å². The van der Waals surface area contributed by atoms with Crippen molar-refractivity contribution in [1.82, 2.24) is 69.8 Å². The Bertz CT molecular complexity index is 9450. The summed E-state index contributed by atoms with van der Waals surface area (Å²) in [6, 6.07) is 163. The first kappa shape index (κ1) is 87.5. The van der Waals surface area contributed by atoms with Crippen molar-refractivity contribution in [3.63, 3.8) is 0 Å². The predicted octanol–water partition coefficient (Wildman–Crippen LogP) is 32.5. The molecule has 0 spiro atoms. The Morgan fingerprint density at radius 3 is 0.911 bits per heavy atom. The third kappa shape index (κ3) is 17.5. The fraction of sp³-hybridized carbons (Fsp3) is 0. The average molecular weight is 1870 g/mol. The zero-order valence-electron chi connectivity index (χ0n) is 78.8. The maximum absolute atomic E-state index is 5.23. The van der Waals surface area contributed by atoms with Crippen molar-refractivity contribution in [1.29, 1.82) is 0 Å². The Labute approximate surface area is 841 Å². The predicted molar refractivity (Wildman–Crippen MR) is 595 cm³/mol. The van der Waals surface area contributed by atoms with Gasteiger partial charge in [-0.2, -0.15) is 0 Å². The minimum atomic E-state index is 0.642. The molecule has 146 heavy (non-hydrogen) atoms. The van der Waals surface area contributed by atoms with Crippen molar-refractivity contribution in [3.8, 4) is 180 Å². The monoisotopic (exact) mass is 1860 g/mol. The van der Waals surface area contributed by atoms with Crippen LogP contribution >= 0.6 is 0 Å². The van der Waals surface area contributed by atoms with E-state index in [1.807, 2.05) is 195 Å². The maximum atomic E-state index is 5.23. The van der Waals surface area contributed by atoms with Crippen LogP contribution in [-0.4, -0.2) is 69.8 Å². The third-order valence-electron chi connectivity index (χ3n) is 26.8.